The van der Waals surface area contributed by atoms with E-state index in [0.29, 0.717) is 36.3 Å². The maximum absolute atomic E-state index is 12.9. The molecule has 3 aromatic rings. The topological polar surface area (TPSA) is 103 Å². The van der Waals surface area contributed by atoms with Gasteiger partial charge in [0.15, 0.2) is 17.3 Å². The molecule has 9 heteroatoms. The summed E-state index contributed by atoms with van der Waals surface area (Å²) < 4.78 is 16.0. The van der Waals surface area contributed by atoms with Gasteiger partial charge in [0, 0.05) is 31.4 Å². The van der Waals surface area contributed by atoms with E-state index in [4.69, 9.17) is 14.0 Å². The maximum Gasteiger partial charge on any atom is 0.259 e. The molecule has 1 fully saturated rings. The molecule has 0 aliphatic carbocycles. The first-order valence-electron chi connectivity index (χ1n) is 10.6. The summed E-state index contributed by atoms with van der Waals surface area (Å²) in [7, 11) is 3.19. The van der Waals surface area contributed by atoms with Gasteiger partial charge in [0.2, 0.25) is 5.91 Å². The molecule has 0 unspecified atom stereocenters. The number of anilines is 1. The Kier molecular flexibility index (Phi) is 6.53. The number of benzene rings is 1. The molecule has 9 nitrogen and oxygen atoms in total. The molecule has 1 atom stereocenters. The smallest absolute Gasteiger partial charge is 0.259 e. The molecule has 0 saturated carbocycles. The van der Waals surface area contributed by atoms with Gasteiger partial charge in [-0.15, -0.1) is 0 Å². The van der Waals surface area contributed by atoms with Gasteiger partial charge >= 0.3 is 0 Å². The van der Waals surface area contributed by atoms with Crippen LogP contribution >= 0.6 is 0 Å². The van der Waals surface area contributed by atoms with Crippen LogP contribution in [0, 0.1) is 12.8 Å². The van der Waals surface area contributed by atoms with Gasteiger partial charge in [-0.05, 0) is 38.0 Å². The average Bonchev–Trinajstić information content (AvgIpc) is 3.28. The second kappa shape index (κ2) is 9.67. The number of amides is 1. The second-order valence-electron chi connectivity index (χ2n) is 7.71. The van der Waals surface area contributed by atoms with Crippen LogP contribution in [0.15, 0.2) is 41.1 Å². The number of piperidine rings is 1. The summed E-state index contributed by atoms with van der Waals surface area (Å²) in [5.74, 6) is 3.07. The van der Waals surface area contributed by atoms with Gasteiger partial charge < -0.3 is 24.2 Å². The largest absolute Gasteiger partial charge is 0.493 e. The molecule has 4 rings (SSSR count). The molecule has 0 radical (unpaired) electrons. The number of aryl methyl sites for hydroxylation is 1. The standard InChI is InChI=1S/C23H27N5O4/c1-15-26-23(32-27-15)17-9-10-20(24-13-17)28-11-5-7-18(14-28)22(29)25-12-16-6-4-8-19(30-2)21(16)31-3/h4,6,8-10,13,18H,5,7,11-12,14H2,1-3H3,(H,25,29)/t18-/m1/s1. The van der Waals surface area contributed by atoms with Gasteiger partial charge in [0.25, 0.3) is 5.89 Å². The summed E-state index contributed by atoms with van der Waals surface area (Å²) in [6.45, 7) is 3.64. The third-order valence-corrected chi connectivity index (χ3v) is 5.58. The zero-order valence-electron chi connectivity index (χ0n) is 18.5. The minimum Gasteiger partial charge on any atom is -0.493 e. The van der Waals surface area contributed by atoms with Crippen molar-refractivity contribution in [2.24, 2.45) is 5.92 Å². The summed E-state index contributed by atoms with van der Waals surface area (Å²) in [6.07, 6.45) is 3.49. The molecule has 1 saturated heterocycles. The lowest BCUT2D eigenvalue weighted by Crippen LogP contribution is -2.43. The number of carbonyl (C=O) groups is 1. The summed E-state index contributed by atoms with van der Waals surface area (Å²) in [4.78, 5) is 23.8. The Labute approximate surface area is 186 Å². The van der Waals surface area contributed by atoms with E-state index in [1.54, 1.807) is 27.3 Å². The summed E-state index contributed by atoms with van der Waals surface area (Å²) >= 11 is 0. The van der Waals surface area contributed by atoms with Crippen molar-refractivity contribution in [1.29, 1.82) is 0 Å². The predicted molar refractivity (Wildman–Crippen MR) is 119 cm³/mol. The Bertz CT molecular complexity index is 1070. The Morgan fingerprint density at radius 3 is 2.81 bits per heavy atom. The van der Waals surface area contributed by atoms with Crippen molar-refractivity contribution in [1.82, 2.24) is 20.4 Å². The zero-order chi connectivity index (χ0) is 22.5. The van der Waals surface area contributed by atoms with Crippen LogP contribution in [-0.2, 0) is 11.3 Å². The van der Waals surface area contributed by atoms with Crippen LogP contribution in [0.5, 0.6) is 11.5 Å². The first kappa shape index (κ1) is 21.6. The number of hydrogen-bond acceptors (Lipinski definition) is 8. The number of methoxy groups -OCH3 is 2. The minimum atomic E-state index is -0.111. The third kappa shape index (κ3) is 4.66. The van der Waals surface area contributed by atoms with E-state index >= 15 is 0 Å². The van der Waals surface area contributed by atoms with Crippen molar-refractivity contribution >= 4 is 11.7 Å². The van der Waals surface area contributed by atoms with Gasteiger partial charge in [0.1, 0.15) is 5.82 Å². The van der Waals surface area contributed by atoms with Crippen LogP contribution in [0.1, 0.15) is 24.2 Å². The van der Waals surface area contributed by atoms with E-state index in [-0.39, 0.29) is 11.8 Å². The predicted octanol–water partition coefficient (Wildman–Crippen LogP) is 2.99. The lowest BCUT2D eigenvalue weighted by atomic mass is 9.97. The van der Waals surface area contributed by atoms with E-state index in [0.717, 1.165) is 36.3 Å². The fourth-order valence-electron chi connectivity index (χ4n) is 3.93. The van der Waals surface area contributed by atoms with E-state index in [1.807, 2.05) is 30.3 Å². The highest BCUT2D eigenvalue weighted by Crippen LogP contribution is 2.31. The number of pyridine rings is 1. The van der Waals surface area contributed by atoms with Crippen LogP contribution in [0.2, 0.25) is 0 Å². The number of carbonyl (C=O) groups excluding carboxylic acids is 1. The van der Waals surface area contributed by atoms with Crippen molar-refractivity contribution in [2.75, 3.05) is 32.2 Å². The van der Waals surface area contributed by atoms with Crippen LogP contribution < -0.4 is 19.7 Å². The zero-order valence-corrected chi connectivity index (χ0v) is 18.5. The van der Waals surface area contributed by atoms with Gasteiger partial charge in [0.05, 0.1) is 25.7 Å². The molecule has 1 N–H and O–H groups in total. The highest BCUT2D eigenvalue weighted by Gasteiger charge is 2.27. The highest BCUT2D eigenvalue weighted by atomic mass is 16.5. The van der Waals surface area contributed by atoms with Gasteiger partial charge in [-0.25, -0.2) is 4.98 Å². The molecule has 1 amide bonds. The number of rotatable bonds is 7. The molecular weight excluding hydrogens is 410 g/mol. The van der Waals surface area contributed by atoms with Crippen molar-refractivity contribution < 1.29 is 18.8 Å². The summed E-state index contributed by atoms with van der Waals surface area (Å²) in [5, 5.41) is 6.86. The molecule has 2 aromatic heterocycles. The second-order valence-corrected chi connectivity index (χ2v) is 7.71. The lowest BCUT2D eigenvalue weighted by molar-refractivity contribution is -0.125. The quantitative estimate of drug-likeness (QED) is 0.602. The Hall–Kier alpha value is -3.62. The monoisotopic (exact) mass is 437 g/mol. The summed E-state index contributed by atoms with van der Waals surface area (Å²) in [5.41, 5.74) is 1.65. The highest BCUT2D eigenvalue weighted by molar-refractivity contribution is 5.79. The molecule has 1 aliphatic rings. The van der Waals surface area contributed by atoms with Crippen LogP contribution in [0.4, 0.5) is 5.82 Å². The lowest BCUT2D eigenvalue weighted by Gasteiger charge is -2.33. The Morgan fingerprint density at radius 2 is 2.12 bits per heavy atom. The molecule has 1 aromatic carbocycles. The van der Waals surface area contributed by atoms with Crippen LogP contribution in [0.3, 0.4) is 0 Å². The molecule has 0 bridgehead atoms. The van der Waals surface area contributed by atoms with Gasteiger partial charge in [-0.2, -0.15) is 4.98 Å². The maximum atomic E-state index is 12.9. The van der Waals surface area contributed by atoms with E-state index in [9.17, 15) is 4.79 Å². The first-order valence-corrected chi connectivity index (χ1v) is 10.6. The number of aromatic nitrogens is 3. The molecule has 0 spiro atoms. The minimum absolute atomic E-state index is 0.0255. The first-order chi connectivity index (χ1) is 15.6. The molecule has 32 heavy (non-hydrogen) atoms. The fraction of sp³-hybridized carbons (Fsp3) is 0.391. The molecule has 3 heterocycles. The van der Waals surface area contributed by atoms with Crippen molar-refractivity contribution in [3.05, 3.63) is 47.9 Å². The third-order valence-electron chi connectivity index (χ3n) is 5.58. The molecular formula is C23H27N5O4. The fourth-order valence-corrected chi connectivity index (χ4v) is 3.93. The van der Waals surface area contributed by atoms with Crippen molar-refractivity contribution in [3.63, 3.8) is 0 Å². The Balaban J connectivity index is 1.38. The van der Waals surface area contributed by atoms with Gasteiger partial charge in [-0.3, -0.25) is 4.79 Å². The van der Waals surface area contributed by atoms with Crippen LogP contribution in [-0.4, -0.2) is 48.3 Å². The van der Waals surface area contributed by atoms with E-state index in [2.05, 4.69) is 25.3 Å². The average molecular weight is 438 g/mol. The number of hydrogen-bond donors (Lipinski definition) is 1. The van der Waals surface area contributed by atoms with E-state index in [1.165, 1.54) is 0 Å². The normalized spacial score (nSPS) is 16.0. The number of para-hydroxylation sites is 1. The van der Waals surface area contributed by atoms with Gasteiger partial charge in [-0.1, -0.05) is 17.3 Å². The van der Waals surface area contributed by atoms with E-state index < -0.39 is 0 Å². The van der Waals surface area contributed by atoms with Crippen molar-refractivity contribution in [2.45, 2.75) is 26.3 Å². The number of nitrogens with zero attached hydrogens (tertiary/aromatic N) is 4. The molecule has 168 valence electrons. The Morgan fingerprint density at radius 1 is 1.25 bits per heavy atom. The number of nitrogens with one attached hydrogen (secondary N) is 1. The SMILES string of the molecule is COc1cccc(CNC(=O)[C@@H]2CCCN(c3ccc(-c4nc(C)no4)cn3)C2)c1OC. The van der Waals surface area contributed by atoms with Crippen molar-refractivity contribution in [3.8, 4) is 23.0 Å². The van der Waals surface area contributed by atoms with Crippen LogP contribution in [0.25, 0.3) is 11.5 Å². The number of ether oxygens (including phenoxy) is 2. The summed E-state index contributed by atoms with van der Waals surface area (Å²) in [6, 6.07) is 9.48. The molecule has 1 aliphatic heterocycles.